The first-order valence-corrected chi connectivity index (χ1v) is 8.54. The molecule has 4 rings (SSSR count). The Balaban J connectivity index is 1.80. The number of hydrogen-bond donors (Lipinski definition) is 1. The molecule has 1 N–H and O–H groups in total. The van der Waals surface area contributed by atoms with Gasteiger partial charge in [-0.05, 0) is 49.9 Å². The molecule has 3 aromatic rings. The zero-order valence-electron chi connectivity index (χ0n) is 14.4. The summed E-state index contributed by atoms with van der Waals surface area (Å²) in [6.07, 6.45) is 1.70. The molecule has 0 amide bonds. The van der Waals surface area contributed by atoms with Crippen molar-refractivity contribution < 1.29 is 0 Å². The highest BCUT2D eigenvalue weighted by Gasteiger charge is 2.20. The summed E-state index contributed by atoms with van der Waals surface area (Å²) in [7, 11) is 0. The lowest BCUT2D eigenvalue weighted by Gasteiger charge is -2.20. The molecule has 1 aliphatic rings. The molecule has 0 saturated heterocycles. The number of aromatic nitrogens is 2. The number of anilines is 1. The zero-order chi connectivity index (χ0) is 17.4. The maximum Gasteiger partial charge on any atom is 0.261 e. The lowest BCUT2D eigenvalue weighted by molar-refractivity contribution is 0.597. The number of fused-ring (bicyclic) bond motifs is 2. The molecule has 126 valence electrons. The van der Waals surface area contributed by atoms with Gasteiger partial charge in [0.15, 0.2) is 5.82 Å². The summed E-state index contributed by atoms with van der Waals surface area (Å²) in [5.41, 5.74) is 8.05. The highest BCUT2D eigenvalue weighted by atomic mass is 16.1. The van der Waals surface area contributed by atoms with Crippen LogP contribution in [0.25, 0.3) is 10.9 Å². The van der Waals surface area contributed by atoms with Crippen molar-refractivity contribution in [2.75, 3.05) is 5.43 Å². The number of hydrogen-bond acceptors (Lipinski definition) is 4. The molecule has 0 aliphatic carbocycles. The first kappa shape index (κ1) is 15.6. The summed E-state index contributed by atoms with van der Waals surface area (Å²) in [4.78, 5) is 17.5. The summed E-state index contributed by atoms with van der Waals surface area (Å²) in [5.74, 6) is 0.675. The van der Waals surface area contributed by atoms with Gasteiger partial charge >= 0.3 is 0 Å². The molecule has 0 spiro atoms. The van der Waals surface area contributed by atoms with Gasteiger partial charge in [-0.2, -0.15) is 5.10 Å². The van der Waals surface area contributed by atoms with Gasteiger partial charge < -0.3 is 0 Å². The number of nitrogens with one attached hydrogen (secondary N) is 1. The zero-order valence-corrected chi connectivity index (χ0v) is 14.4. The maximum absolute atomic E-state index is 12.7. The third-order valence-corrected chi connectivity index (χ3v) is 4.70. The van der Waals surface area contributed by atoms with Gasteiger partial charge in [0.25, 0.3) is 5.56 Å². The van der Waals surface area contributed by atoms with Crippen LogP contribution in [0, 0.1) is 13.8 Å². The summed E-state index contributed by atoms with van der Waals surface area (Å²) in [6, 6.07) is 13.6. The van der Waals surface area contributed by atoms with E-state index in [1.807, 2.05) is 30.3 Å². The van der Waals surface area contributed by atoms with Crippen LogP contribution in [-0.2, 0) is 6.54 Å². The topological polar surface area (TPSA) is 59.3 Å². The Morgan fingerprint density at radius 3 is 2.64 bits per heavy atom. The van der Waals surface area contributed by atoms with Gasteiger partial charge in [-0.3, -0.25) is 14.8 Å². The molecule has 0 fully saturated rings. The Morgan fingerprint density at radius 2 is 1.84 bits per heavy atom. The smallest absolute Gasteiger partial charge is 0.261 e. The first-order valence-electron chi connectivity index (χ1n) is 8.54. The summed E-state index contributed by atoms with van der Waals surface area (Å²) in [6.45, 7) is 4.80. The lowest BCUT2D eigenvalue weighted by Crippen LogP contribution is -2.32. The molecule has 5 nitrogen and oxygen atoms in total. The van der Waals surface area contributed by atoms with E-state index in [9.17, 15) is 4.79 Å². The van der Waals surface area contributed by atoms with Crippen molar-refractivity contribution in [3.05, 3.63) is 69.8 Å². The van der Waals surface area contributed by atoms with E-state index in [-0.39, 0.29) is 5.56 Å². The van der Waals surface area contributed by atoms with Crippen LogP contribution in [-0.4, -0.2) is 15.3 Å². The van der Waals surface area contributed by atoms with Gasteiger partial charge in [0.05, 0.1) is 16.6 Å². The van der Waals surface area contributed by atoms with E-state index in [4.69, 9.17) is 4.98 Å². The van der Waals surface area contributed by atoms with E-state index in [2.05, 4.69) is 36.5 Å². The largest absolute Gasteiger partial charge is 0.291 e. The van der Waals surface area contributed by atoms with Crippen molar-refractivity contribution >= 4 is 22.3 Å². The fraction of sp³-hybridized carbons (Fsp3) is 0.250. The van der Waals surface area contributed by atoms with Crippen LogP contribution in [0.2, 0.25) is 0 Å². The predicted octanol–water partition coefficient (Wildman–Crippen LogP) is 3.62. The van der Waals surface area contributed by atoms with Crippen LogP contribution in [0.5, 0.6) is 0 Å². The van der Waals surface area contributed by atoms with Gasteiger partial charge in [0, 0.05) is 6.54 Å². The van der Waals surface area contributed by atoms with Gasteiger partial charge in [-0.1, -0.05) is 30.3 Å². The van der Waals surface area contributed by atoms with Crippen LogP contribution >= 0.6 is 0 Å². The Hall–Kier alpha value is -2.95. The van der Waals surface area contributed by atoms with Crippen LogP contribution in [0.1, 0.15) is 29.8 Å². The number of aryl methyl sites for hydroxylation is 2. The van der Waals surface area contributed by atoms with Crippen molar-refractivity contribution in [1.82, 2.24) is 9.55 Å². The molecule has 25 heavy (non-hydrogen) atoms. The Morgan fingerprint density at radius 1 is 1.08 bits per heavy atom. The molecule has 0 saturated carbocycles. The third-order valence-electron chi connectivity index (χ3n) is 4.70. The van der Waals surface area contributed by atoms with Gasteiger partial charge in [-0.15, -0.1) is 0 Å². The third kappa shape index (κ3) is 2.71. The quantitative estimate of drug-likeness (QED) is 0.729. The van der Waals surface area contributed by atoms with Crippen LogP contribution in [0.15, 0.2) is 52.4 Å². The Kier molecular flexibility index (Phi) is 3.84. The van der Waals surface area contributed by atoms with Gasteiger partial charge in [0.2, 0.25) is 0 Å². The normalized spacial score (nSPS) is 15.4. The monoisotopic (exact) mass is 332 g/mol. The van der Waals surface area contributed by atoms with E-state index in [1.165, 1.54) is 0 Å². The van der Waals surface area contributed by atoms with Crippen molar-refractivity contribution in [2.45, 2.75) is 33.2 Å². The molecule has 0 bridgehead atoms. The second kappa shape index (κ2) is 6.16. The molecule has 2 aromatic carbocycles. The van der Waals surface area contributed by atoms with Crippen molar-refractivity contribution in [1.29, 1.82) is 0 Å². The minimum Gasteiger partial charge on any atom is -0.291 e. The summed E-state index contributed by atoms with van der Waals surface area (Å²) < 4.78 is 1.75. The second-order valence-electron chi connectivity index (χ2n) is 6.45. The average Bonchev–Trinajstić information content (AvgIpc) is 2.62. The molecule has 0 atom stereocenters. The fourth-order valence-corrected chi connectivity index (χ4v) is 3.33. The molecular weight excluding hydrogens is 312 g/mol. The van der Waals surface area contributed by atoms with Crippen LogP contribution in [0.4, 0.5) is 5.69 Å². The van der Waals surface area contributed by atoms with E-state index < -0.39 is 0 Å². The fourth-order valence-electron chi connectivity index (χ4n) is 3.33. The molecule has 0 unspecified atom stereocenters. The van der Waals surface area contributed by atoms with Crippen molar-refractivity contribution in [3.63, 3.8) is 0 Å². The van der Waals surface area contributed by atoms with Crippen LogP contribution < -0.4 is 11.0 Å². The summed E-state index contributed by atoms with van der Waals surface area (Å²) >= 11 is 0. The van der Waals surface area contributed by atoms with Crippen LogP contribution in [0.3, 0.4) is 0 Å². The Bertz CT molecular complexity index is 1030. The number of nitrogens with zero attached hydrogens (tertiary/aromatic N) is 3. The molecule has 1 aliphatic heterocycles. The first-order chi connectivity index (χ1) is 12.1. The SMILES string of the molecule is Cc1cccc(C)c1N/N=C1\CCCn2c1nc1ccccc1c2=O. The molecule has 5 heteroatoms. The predicted molar refractivity (Wildman–Crippen MR) is 101 cm³/mol. The minimum absolute atomic E-state index is 0.0140. The highest BCUT2D eigenvalue weighted by Crippen LogP contribution is 2.21. The van der Waals surface area contributed by atoms with Gasteiger partial charge in [-0.25, -0.2) is 4.98 Å². The number of rotatable bonds is 2. The summed E-state index contributed by atoms with van der Waals surface area (Å²) in [5, 5.41) is 5.27. The van der Waals surface area contributed by atoms with E-state index >= 15 is 0 Å². The molecule has 0 radical (unpaired) electrons. The molecular formula is C20H20N4O. The standard InChI is InChI=1S/C20H20N4O/c1-13-7-5-8-14(2)18(13)23-22-17-11-6-12-24-19(17)21-16-10-4-3-9-15(16)20(24)25/h3-5,7-10,23H,6,11-12H2,1-2H3/b22-17+. The van der Waals surface area contributed by atoms with E-state index in [0.29, 0.717) is 17.8 Å². The van der Waals surface area contributed by atoms with E-state index in [0.717, 1.165) is 40.9 Å². The highest BCUT2D eigenvalue weighted by molar-refractivity contribution is 6.00. The lowest BCUT2D eigenvalue weighted by atomic mass is 10.1. The van der Waals surface area contributed by atoms with Crippen molar-refractivity contribution in [2.24, 2.45) is 5.10 Å². The molecule has 1 aromatic heterocycles. The minimum atomic E-state index is 0.0140. The van der Waals surface area contributed by atoms with Crippen molar-refractivity contribution in [3.8, 4) is 0 Å². The number of para-hydroxylation sites is 2. The Labute approximate surface area is 146 Å². The second-order valence-corrected chi connectivity index (χ2v) is 6.45. The van der Waals surface area contributed by atoms with E-state index in [1.54, 1.807) is 4.57 Å². The number of benzene rings is 2. The molecule has 2 heterocycles. The maximum atomic E-state index is 12.7. The van der Waals surface area contributed by atoms with Gasteiger partial charge in [0.1, 0.15) is 5.71 Å². The average molecular weight is 332 g/mol. The number of hydrazone groups is 1.